The first-order valence-corrected chi connectivity index (χ1v) is 10.3. The molecule has 2 N–H and O–H groups in total. The van der Waals surface area contributed by atoms with Gasteiger partial charge in [0, 0.05) is 58.4 Å². The topological polar surface area (TPSA) is 85.8 Å². The number of rotatable bonds is 10. The van der Waals surface area contributed by atoms with Gasteiger partial charge >= 0.3 is 0 Å². The van der Waals surface area contributed by atoms with E-state index in [-0.39, 0.29) is 37.2 Å². The fourth-order valence-electron chi connectivity index (χ4n) is 3.60. The van der Waals surface area contributed by atoms with E-state index >= 15 is 0 Å². The highest BCUT2D eigenvalue weighted by atomic mass is 16.3. The predicted octanol–water partition coefficient (Wildman–Crippen LogP) is 1.67. The van der Waals surface area contributed by atoms with Crippen LogP contribution in [0.1, 0.15) is 39.5 Å². The van der Waals surface area contributed by atoms with Gasteiger partial charge in [0.05, 0.1) is 0 Å². The highest BCUT2D eigenvalue weighted by molar-refractivity contribution is 5.83. The maximum Gasteiger partial charge on any atom is 0.223 e. The highest BCUT2D eigenvalue weighted by Gasteiger charge is 2.22. The molecule has 2 heterocycles. The maximum atomic E-state index is 12.4. The van der Waals surface area contributed by atoms with Crippen LogP contribution >= 0.6 is 0 Å². The van der Waals surface area contributed by atoms with Gasteiger partial charge < -0.3 is 20.2 Å². The van der Waals surface area contributed by atoms with E-state index in [0.717, 1.165) is 25.3 Å². The quantitative estimate of drug-likeness (QED) is 0.635. The first-order valence-electron chi connectivity index (χ1n) is 10.3. The largest absolute Gasteiger partial charge is 0.396 e. The number of anilines is 1. The average molecular weight is 391 g/mol. The maximum absolute atomic E-state index is 12.4. The Kier molecular flexibility index (Phi) is 9.20. The van der Waals surface area contributed by atoms with Crippen LogP contribution in [0.25, 0.3) is 0 Å². The van der Waals surface area contributed by atoms with Gasteiger partial charge in [-0.25, -0.2) is 4.98 Å². The molecule has 1 fully saturated rings. The van der Waals surface area contributed by atoms with Crippen molar-refractivity contribution in [3.63, 3.8) is 0 Å². The lowest BCUT2D eigenvalue weighted by Gasteiger charge is -2.35. The fraction of sp³-hybridized carbons (Fsp3) is 0.667. The number of aliphatic hydroxyl groups excluding tert-OH is 1. The average Bonchev–Trinajstić information content (AvgIpc) is 2.71. The number of carbonyl (C=O) groups is 2. The van der Waals surface area contributed by atoms with Crippen molar-refractivity contribution in [1.29, 1.82) is 0 Å². The number of amides is 2. The fourth-order valence-corrected chi connectivity index (χ4v) is 3.60. The first-order chi connectivity index (χ1) is 13.5. The Labute approximate surface area is 168 Å². The smallest absolute Gasteiger partial charge is 0.223 e. The molecule has 7 nitrogen and oxygen atoms in total. The molecule has 28 heavy (non-hydrogen) atoms. The number of piperazine rings is 1. The molecule has 1 unspecified atom stereocenters. The van der Waals surface area contributed by atoms with Gasteiger partial charge in [-0.3, -0.25) is 9.59 Å². The van der Waals surface area contributed by atoms with Crippen LogP contribution in [-0.4, -0.2) is 66.1 Å². The second-order valence-corrected chi connectivity index (χ2v) is 7.87. The van der Waals surface area contributed by atoms with Crippen molar-refractivity contribution in [2.45, 2.75) is 39.5 Å². The van der Waals surface area contributed by atoms with Gasteiger partial charge in [0.2, 0.25) is 11.8 Å². The number of pyridine rings is 1. The molecule has 0 bridgehead atoms. The Morgan fingerprint density at radius 1 is 1.18 bits per heavy atom. The lowest BCUT2D eigenvalue weighted by molar-refractivity contribution is -0.133. The van der Waals surface area contributed by atoms with Crippen LogP contribution in [-0.2, 0) is 9.59 Å². The van der Waals surface area contributed by atoms with E-state index in [0.29, 0.717) is 32.0 Å². The van der Waals surface area contributed by atoms with E-state index in [9.17, 15) is 9.59 Å². The summed E-state index contributed by atoms with van der Waals surface area (Å²) in [6.07, 6.45) is 3.90. The van der Waals surface area contributed by atoms with Crippen LogP contribution in [0.5, 0.6) is 0 Å². The highest BCUT2D eigenvalue weighted by Crippen LogP contribution is 2.15. The summed E-state index contributed by atoms with van der Waals surface area (Å²) in [6, 6.07) is 5.83. The number of aliphatic hydroxyl groups is 1. The summed E-state index contributed by atoms with van der Waals surface area (Å²) in [5.74, 6) is 1.69. The van der Waals surface area contributed by atoms with Crippen molar-refractivity contribution < 1.29 is 14.7 Å². The van der Waals surface area contributed by atoms with Crippen molar-refractivity contribution in [2.75, 3.05) is 44.2 Å². The number of carbonyl (C=O) groups excluding carboxylic acids is 2. The number of hydrogen-bond donors (Lipinski definition) is 2. The molecule has 2 rings (SSSR count). The Morgan fingerprint density at radius 2 is 1.93 bits per heavy atom. The molecule has 2 amide bonds. The predicted molar refractivity (Wildman–Crippen MR) is 110 cm³/mol. The van der Waals surface area contributed by atoms with Gasteiger partial charge in [-0.05, 0) is 36.8 Å². The van der Waals surface area contributed by atoms with E-state index in [1.54, 1.807) is 6.20 Å². The van der Waals surface area contributed by atoms with Gasteiger partial charge in [0.25, 0.3) is 0 Å². The second kappa shape index (κ2) is 11.6. The summed E-state index contributed by atoms with van der Waals surface area (Å²) in [7, 11) is 0. The summed E-state index contributed by atoms with van der Waals surface area (Å²) < 4.78 is 0. The van der Waals surface area contributed by atoms with Gasteiger partial charge in [-0.15, -0.1) is 0 Å². The molecule has 0 spiro atoms. The molecule has 1 saturated heterocycles. The standard InChI is InChI=1S/C21H34N4O3/c1-17(2)15-18(8-14-26)16-23-20(27)6-7-21(28)25-12-10-24(11-13-25)19-5-3-4-9-22-19/h3-5,9,17-18,26H,6-8,10-16H2,1-2H3,(H,23,27). The minimum absolute atomic E-state index is 0.0323. The Balaban J connectivity index is 1.67. The Bertz CT molecular complexity index is 601. The Morgan fingerprint density at radius 3 is 2.54 bits per heavy atom. The van der Waals surface area contributed by atoms with Gasteiger partial charge in [-0.1, -0.05) is 19.9 Å². The third-order valence-corrected chi connectivity index (χ3v) is 5.10. The molecule has 156 valence electrons. The van der Waals surface area contributed by atoms with Gasteiger partial charge in [0.1, 0.15) is 5.82 Å². The second-order valence-electron chi connectivity index (χ2n) is 7.87. The summed E-state index contributed by atoms with van der Waals surface area (Å²) in [6.45, 7) is 7.80. The van der Waals surface area contributed by atoms with Crippen molar-refractivity contribution in [3.05, 3.63) is 24.4 Å². The molecule has 0 radical (unpaired) electrons. The van der Waals surface area contributed by atoms with Crippen LogP contribution in [0.15, 0.2) is 24.4 Å². The summed E-state index contributed by atoms with van der Waals surface area (Å²) in [4.78, 5) is 32.9. The van der Waals surface area contributed by atoms with E-state index in [2.05, 4.69) is 29.0 Å². The molecular formula is C21H34N4O3. The molecule has 0 aliphatic carbocycles. The third-order valence-electron chi connectivity index (χ3n) is 5.10. The zero-order valence-electron chi connectivity index (χ0n) is 17.1. The van der Waals surface area contributed by atoms with Crippen LogP contribution in [0.3, 0.4) is 0 Å². The third kappa shape index (κ3) is 7.46. The van der Waals surface area contributed by atoms with Crippen molar-refractivity contribution in [2.24, 2.45) is 11.8 Å². The van der Waals surface area contributed by atoms with Crippen LogP contribution < -0.4 is 10.2 Å². The lowest BCUT2D eigenvalue weighted by Crippen LogP contribution is -2.49. The van der Waals surface area contributed by atoms with Gasteiger partial charge in [0.15, 0.2) is 0 Å². The number of nitrogens with zero attached hydrogens (tertiary/aromatic N) is 3. The SMILES string of the molecule is CC(C)CC(CCO)CNC(=O)CCC(=O)N1CCN(c2ccccn2)CC1. The molecule has 1 aliphatic rings. The minimum atomic E-state index is -0.0906. The molecule has 0 saturated carbocycles. The zero-order valence-corrected chi connectivity index (χ0v) is 17.1. The summed E-state index contributed by atoms with van der Waals surface area (Å²) in [5.41, 5.74) is 0. The van der Waals surface area contributed by atoms with Crippen molar-refractivity contribution in [3.8, 4) is 0 Å². The van der Waals surface area contributed by atoms with Crippen molar-refractivity contribution >= 4 is 17.6 Å². The summed E-state index contributed by atoms with van der Waals surface area (Å²) >= 11 is 0. The molecular weight excluding hydrogens is 356 g/mol. The molecule has 1 aromatic heterocycles. The van der Waals surface area contributed by atoms with E-state index in [1.165, 1.54) is 0 Å². The molecule has 1 aromatic rings. The van der Waals surface area contributed by atoms with Crippen LogP contribution in [0.2, 0.25) is 0 Å². The van der Waals surface area contributed by atoms with E-state index in [1.807, 2.05) is 23.1 Å². The number of aromatic nitrogens is 1. The van der Waals surface area contributed by atoms with E-state index in [4.69, 9.17) is 5.11 Å². The monoisotopic (exact) mass is 390 g/mol. The van der Waals surface area contributed by atoms with Gasteiger partial charge in [-0.2, -0.15) is 0 Å². The molecule has 1 atom stereocenters. The molecule has 0 aromatic carbocycles. The number of nitrogens with one attached hydrogen (secondary N) is 1. The molecule has 1 aliphatic heterocycles. The zero-order chi connectivity index (χ0) is 20.4. The first kappa shape index (κ1) is 22.1. The van der Waals surface area contributed by atoms with Crippen molar-refractivity contribution in [1.82, 2.24) is 15.2 Å². The molecule has 7 heteroatoms. The number of hydrogen-bond acceptors (Lipinski definition) is 5. The van der Waals surface area contributed by atoms with Crippen LogP contribution in [0, 0.1) is 11.8 Å². The van der Waals surface area contributed by atoms with E-state index < -0.39 is 0 Å². The Hall–Kier alpha value is -2.15. The summed E-state index contributed by atoms with van der Waals surface area (Å²) in [5, 5.41) is 12.1. The lowest BCUT2D eigenvalue weighted by atomic mass is 9.94. The minimum Gasteiger partial charge on any atom is -0.396 e. The van der Waals surface area contributed by atoms with Crippen LogP contribution in [0.4, 0.5) is 5.82 Å². The normalized spacial score (nSPS) is 15.6.